The molecule has 1 fully saturated rings. The fourth-order valence-electron chi connectivity index (χ4n) is 1.61. The van der Waals surface area contributed by atoms with Gasteiger partial charge in [-0.25, -0.2) is 0 Å². The molecule has 0 spiro atoms. The van der Waals surface area contributed by atoms with E-state index in [2.05, 4.69) is 29.6 Å². The number of benzene rings is 1. The Labute approximate surface area is 90.9 Å². The predicted molar refractivity (Wildman–Crippen MR) is 59.1 cm³/mol. The van der Waals surface area contributed by atoms with E-state index in [4.69, 9.17) is 0 Å². The number of hydrogen-bond acceptors (Lipinski definition) is 2. The predicted octanol–water partition coefficient (Wildman–Crippen LogP) is 0.159. The van der Waals surface area contributed by atoms with Crippen molar-refractivity contribution < 1.29 is 5.11 Å². The minimum atomic E-state index is -0.101. The third-order valence-electron chi connectivity index (χ3n) is 2.42. The summed E-state index contributed by atoms with van der Waals surface area (Å²) in [7, 11) is 0. The van der Waals surface area contributed by atoms with Crippen molar-refractivity contribution in [3.63, 3.8) is 0 Å². The van der Waals surface area contributed by atoms with Crippen molar-refractivity contribution in [3.8, 4) is 0 Å². The second-order valence-corrected chi connectivity index (χ2v) is 6.28. The summed E-state index contributed by atoms with van der Waals surface area (Å²) in [6.45, 7) is 1.93. The van der Waals surface area contributed by atoms with E-state index in [0.29, 0.717) is 19.8 Å². The third-order valence-corrected chi connectivity index (χ3v) is 5.21. The molecule has 0 aromatic heterocycles. The Morgan fingerprint density at radius 1 is 1.29 bits per heavy atom. The van der Waals surface area contributed by atoms with Gasteiger partial charge in [-0.1, -0.05) is 0 Å². The van der Waals surface area contributed by atoms with E-state index < -0.39 is 0 Å². The van der Waals surface area contributed by atoms with Crippen LogP contribution in [0.25, 0.3) is 0 Å². The van der Waals surface area contributed by atoms with Crippen molar-refractivity contribution in [1.29, 1.82) is 0 Å². The first-order valence-electron chi connectivity index (χ1n) is 4.97. The zero-order chi connectivity index (χ0) is 9.80. The zero-order valence-corrected chi connectivity index (χ0v) is 9.73. The molecule has 0 saturated carbocycles. The molecule has 0 aliphatic carbocycles. The molecule has 2 rings (SSSR count). The van der Waals surface area contributed by atoms with E-state index in [0.717, 1.165) is 19.5 Å². The molecule has 2 N–H and O–H groups in total. The molecular weight excluding hydrogens is 241 g/mol. The number of nitrogens with one attached hydrogen (secondary N) is 1. The van der Waals surface area contributed by atoms with Crippen molar-refractivity contribution in [2.45, 2.75) is 17.3 Å². The van der Waals surface area contributed by atoms with Crippen LogP contribution in [0.3, 0.4) is 0 Å². The molecule has 2 nitrogen and oxygen atoms in total. The van der Waals surface area contributed by atoms with Gasteiger partial charge in [-0.2, -0.15) is 0 Å². The Kier molecular flexibility index (Phi) is 3.60. The van der Waals surface area contributed by atoms with Crippen LogP contribution >= 0.6 is 0 Å². The topological polar surface area (TPSA) is 32.3 Å². The van der Waals surface area contributed by atoms with Gasteiger partial charge in [0, 0.05) is 0 Å². The Bertz CT molecular complexity index is 278. The molecule has 0 bridgehead atoms. The minimum absolute atomic E-state index is 0.101. The second-order valence-electron chi connectivity index (χ2n) is 3.53. The van der Waals surface area contributed by atoms with Crippen LogP contribution in [0.2, 0.25) is 4.82 Å². The van der Waals surface area contributed by atoms with E-state index >= 15 is 0 Å². The maximum absolute atomic E-state index is 9.81. The first-order chi connectivity index (χ1) is 6.86. The summed E-state index contributed by atoms with van der Waals surface area (Å²) in [5, 5.41) is 13.1. The van der Waals surface area contributed by atoms with Gasteiger partial charge < -0.3 is 0 Å². The average Bonchev–Trinajstić information content (AvgIpc) is 2.23. The van der Waals surface area contributed by atoms with Gasteiger partial charge in [-0.15, -0.1) is 0 Å². The molecule has 2 unspecified atom stereocenters. The summed E-state index contributed by atoms with van der Waals surface area (Å²) in [4.78, 5) is 0.443. The number of hydrogen-bond donors (Lipinski definition) is 2. The van der Waals surface area contributed by atoms with E-state index in [-0.39, 0.29) is 6.10 Å². The summed E-state index contributed by atoms with van der Waals surface area (Å²) in [6.07, 6.45) is 0.802. The molecule has 1 aromatic carbocycles. The van der Waals surface area contributed by atoms with Crippen molar-refractivity contribution in [2.24, 2.45) is 0 Å². The molecule has 3 heteroatoms. The van der Waals surface area contributed by atoms with Gasteiger partial charge in [0.15, 0.2) is 0 Å². The molecule has 0 amide bonds. The number of aliphatic hydroxyl groups is 1. The maximum atomic E-state index is 9.81. The normalized spacial score (nSPS) is 27.5. The summed E-state index contributed by atoms with van der Waals surface area (Å²) < 4.78 is 1.38. The van der Waals surface area contributed by atoms with Crippen LogP contribution in [-0.2, 0) is 0 Å². The first-order valence-corrected chi connectivity index (χ1v) is 6.81. The fourth-order valence-corrected chi connectivity index (χ4v) is 4.04. The van der Waals surface area contributed by atoms with Crippen molar-refractivity contribution in [1.82, 2.24) is 5.32 Å². The quantitative estimate of drug-likeness (QED) is 0.739. The molecular formula is C11H15NOSe. The van der Waals surface area contributed by atoms with Crippen LogP contribution < -0.4 is 9.78 Å². The zero-order valence-electron chi connectivity index (χ0n) is 8.02. The van der Waals surface area contributed by atoms with Crippen molar-refractivity contribution in [3.05, 3.63) is 30.3 Å². The number of rotatable bonds is 2. The molecule has 14 heavy (non-hydrogen) atoms. The average molecular weight is 256 g/mol. The van der Waals surface area contributed by atoms with E-state index in [1.54, 1.807) is 0 Å². The standard InChI is InChI=1S/C11H15NOSe/c13-10-6-7-12-8-11(10)14-9-4-2-1-3-5-9/h1-5,10-13H,6-8H2. The summed E-state index contributed by atoms with van der Waals surface area (Å²) >= 11 is 0.397. The van der Waals surface area contributed by atoms with Crippen LogP contribution in [0.15, 0.2) is 30.3 Å². The van der Waals surface area contributed by atoms with Crippen LogP contribution in [0.5, 0.6) is 0 Å². The number of piperidine rings is 1. The van der Waals surface area contributed by atoms with Crippen molar-refractivity contribution >= 4 is 19.4 Å². The number of aliphatic hydroxyl groups excluding tert-OH is 1. The van der Waals surface area contributed by atoms with Gasteiger partial charge >= 0.3 is 90.6 Å². The van der Waals surface area contributed by atoms with Gasteiger partial charge in [-0.3, -0.25) is 0 Å². The van der Waals surface area contributed by atoms with Crippen LogP contribution in [0, 0.1) is 0 Å². The van der Waals surface area contributed by atoms with Gasteiger partial charge in [0.2, 0.25) is 0 Å². The molecule has 1 aliphatic heterocycles. The van der Waals surface area contributed by atoms with Crippen LogP contribution in [0.4, 0.5) is 0 Å². The van der Waals surface area contributed by atoms with Gasteiger partial charge in [-0.05, 0) is 0 Å². The van der Waals surface area contributed by atoms with E-state index in [1.807, 2.05) is 6.07 Å². The van der Waals surface area contributed by atoms with Gasteiger partial charge in [0.25, 0.3) is 0 Å². The van der Waals surface area contributed by atoms with Crippen LogP contribution in [0.1, 0.15) is 6.42 Å². The summed E-state index contributed by atoms with van der Waals surface area (Å²) in [6, 6.07) is 10.5. The van der Waals surface area contributed by atoms with E-state index in [9.17, 15) is 5.11 Å². The van der Waals surface area contributed by atoms with Crippen LogP contribution in [-0.4, -0.2) is 39.3 Å². The molecule has 76 valence electrons. The molecule has 1 heterocycles. The van der Waals surface area contributed by atoms with Gasteiger partial charge in [0.05, 0.1) is 0 Å². The molecule has 0 radical (unpaired) electrons. The fraction of sp³-hybridized carbons (Fsp3) is 0.455. The second kappa shape index (κ2) is 4.94. The Morgan fingerprint density at radius 3 is 2.79 bits per heavy atom. The summed E-state index contributed by atoms with van der Waals surface area (Å²) in [5.74, 6) is 0. The monoisotopic (exact) mass is 257 g/mol. The van der Waals surface area contributed by atoms with E-state index in [1.165, 1.54) is 4.46 Å². The molecule has 2 atom stereocenters. The Hall–Kier alpha value is -0.341. The Balaban J connectivity index is 1.96. The first kappa shape index (κ1) is 10.2. The molecule has 1 aliphatic rings. The SMILES string of the molecule is OC1CCNCC1[Se]c1ccccc1. The van der Waals surface area contributed by atoms with Crippen molar-refractivity contribution in [2.75, 3.05) is 13.1 Å². The molecule has 1 saturated heterocycles. The van der Waals surface area contributed by atoms with Gasteiger partial charge in [0.1, 0.15) is 0 Å². The summed E-state index contributed by atoms with van der Waals surface area (Å²) in [5.41, 5.74) is 0. The third kappa shape index (κ3) is 2.58. The molecule has 1 aromatic rings. The Morgan fingerprint density at radius 2 is 2.07 bits per heavy atom.